The monoisotopic (exact) mass is 205 g/mol. The molecule has 0 saturated carbocycles. The molecule has 0 bridgehead atoms. The van der Waals surface area contributed by atoms with Gasteiger partial charge < -0.3 is 9.64 Å². The van der Waals surface area contributed by atoms with Crippen molar-refractivity contribution in [3.05, 3.63) is 36.1 Å². The van der Waals surface area contributed by atoms with Gasteiger partial charge in [0.2, 0.25) is 0 Å². The Morgan fingerprint density at radius 3 is 3.27 bits per heavy atom. The average Bonchev–Trinajstić information content (AvgIpc) is 2.29. The summed E-state index contributed by atoms with van der Waals surface area (Å²) in [7, 11) is 0. The Hall–Kier alpha value is -1.51. The molecule has 0 fully saturated rings. The predicted molar refractivity (Wildman–Crippen MR) is 58.1 cm³/mol. The molecule has 0 saturated heterocycles. The maximum absolute atomic E-state index is 11.5. The van der Waals surface area contributed by atoms with Gasteiger partial charge in [0, 0.05) is 6.54 Å². The third-order valence-electron chi connectivity index (χ3n) is 2.64. The van der Waals surface area contributed by atoms with Gasteiger partial charge in [-0.15, -0.1) is 0 Å². The molecule has 0 spiro atoms. The molecule has 3 nitrogen and oxygen atoms in total. The van der Waals surface area contributed by atoms with Gasteiger partial charge in [-0.2, -0.15) is 0 Å². The first-order chi connectivity index (χ1) is 7.31. The van der Waals surface area contributed by atoms with Gasteiger partial charge in [0.1, 0.15) is 0 Å². The van der Waals surface area contributed by atoms with Crippen LogP contribution in [0.25, 0.3) is 0 Å². The van der Waals surface area contributed by atoms with E-state index in [4.69, 9.17) is 4.74 Å². The molecule has 0 aromatic rings. The molecule has 15 heavy (non-hydrogen) atoms. The number of carbonyl (C=O) groups excluding carboxylic acids is 1. The van der Waals surface area contributed by atoms with Gasteiger partial charge in [-0.05, 0) is 25.6 Å². The summed E-state index contributed by atoms with van der Waals surface area (Å²) in [4.78, 5) is 13.7. The highest BCUT2D eigenvalue weighted by Gasteiger charge is 2.23. The SMILES string of the molecule is CCOC(=O)C1=CCC2C=CC=CN2C1. The number of nitrogens with zero attached hydrogens (tertiary/aromatic N) is 1. The lowest BCUT2D eigenvalue weighted by atomic mass is 10.0. The number of fused-ring (bicyclic) bond motifs is 1. The first-order valence-electron chi connectivity index (χ1n) is 5.28. The van der Waals surface area contributed by atoms with Crippen molar-refractivity contribution in [1.29, 1.82) is 0 Å². The lowest BCUT2D eigenvalue weighted by Crippen LogP contribution is -2.36. The molecule has 0 amide bonds. The van der Waals surface area contributed by atoms with Crippen LogP contribution in [0.4, 0.5) is 0 Å². The minimum atomic E-state index is -0.182. The van der Waals surface area contributed by atoms with Gasteiger partial charge in [0.25, 0.3) is 0 Å². The summed E-state index contributed by atoms with van der Waals surface area (Å²) >= 11 is 0. The molecule has 3 heteroatoms. The minimum absolute atomic E-state index is 0.182. The highest BCUT2D eigenvalue weighted by Crippen LogP contribution is 2.20. The van der Waals surface area contributed by atoms with E-state index < -0.39 is 0 Å². The highest BCUT2D eigenvalue weighted by atomic mass is 16.5. The Kier molecular flexibility index (Phi) is 2.90. The first-order valence-corrected chi connectivity index (χ1v) is 5.28. The fraction of sp³-hybridized carbons (Fsp3) is 0.417. The standard InChI is InChI=1S/C12H15NO2/c1-2-15-12(14)10-6-7-11-5-3-4-8-13(11)9-10/h3-6,8,11H,2,7,9H2,1H3. The number of carbonyl (C=O) groups is 1. The van der Waals surface area contributed by atoms with E-state index in [1.165, 1.54) is 0 Å². The fourth-order valence-corrected chi connectivity index (χ4v) is 1.85. The van der Waals surface area contributed by atoms with E-state index in [9.17, 15) is 4.79 Å². The maximum Gasteiger partial charge on any atom is 0.335 e. The van der Waals surface area contributed by atoms with Crippen LogP contribution < -0.4 is 0 Å². The first kappa shape index (κ1) is 10.0. The van der Waals surface area contributed by atoms with Gasteiger partial charge in [0.05, 0.1) is 18.2 Å². The summed E-state index contributed by atoms with van der Waals surface area (Å²) in [6.45, 7) is 2.92. The van der Waals surface area contributed by atoms with Crippen LogP contribution in [0.15, 0.2) is 36.1 Å². The van der Waals surface area contributed by atoms with Crippen LogP contribution in [-0.4, -0.2) is 30.1 Å². The van der Waals surface area contributed by atoms with Crippen LogP contribution in [0.2, 0.25) is 0 Å². The molecule has 2 heterocycles. The van der Waals surface area contributed by atoms with Crippen molar-refractivity contribution in [3.63, 3.8) is 0 Å². The van der Waals surface area contributed by atoms with E-state index in [0.29, 0.717) is 19.2 Å². The molecule has 0 aromatic carbocycles. The zero-order valence-electron chi connectivity index (χ0n) is 8.85. The average molecular weight is 205 g/mol. The molecule has 0 aromatic heterocycles. The molecular formula is C12H15NO2. The Labute approximate surface area is 89.7 Å². The molecule has 2 rings (SSSR count). The highest BCUT2D eigenvalue weighted by molar-refractivity contribution is 5.89. The summed E-state index contributed by atoms with van der Waals surface area (Å²) in [6.07, 6.45) is 11.1. The molecule has 2 aliphatic heterocycles. The molecular weight excluding hydrogens is 190 g/mol. The van der Waals surface area contributed by atoms with Gasteiger partial charge >= 0.3 is 5.97 Å². The molecule has 80 valence electrons. The number of esters is 1. The van der Waals surface area contributed by atoms with Crippen molar-refractivity contribution >= 4 is 5.97 Å². The van der Waals surface area contributed by atoms with E-state index in [1.807, 2.05) is 31.4 Å². The molecule has 0 aliphatic carbocycles. The summed E-state index contributed by atoms with van der Waals surface area (Å²) in [5.74, 6) is -0.182. The van der Waals surface area contributed by atoms with E-state index >= 15 is 0 Å². The summed E-state index contributed by atoms with van der Waals surface area (Å²) in [5.41, 5.74) is 0.771. The maximum atomic E-state index is 11.5. The second kappa shape index (κ2) is 4.34. The summed E-state index contributed by atoms with van der Waals surface area (Å²) in [6, 6.07) is 0.410. The van der Waals surface area contributed by atoms with Crippen molar-refractivity contribution < 1.29 is 9.53 Å². The van der Waals surface area contributed by atoms with Crippen LogP contribution in [-0.2, 0) is 9.53 Å². The molecule has 1 unspecified atom stereocenters. The normalized spacial score (nSPS) is 23.4. The lowest BCUT2D eigenvalue weighted by Gasteiger charge is -2.33. The van der Waals surface area contributed by atoms with Crippen molar-refractivity contribution in [3.8, 4) is 0 Å². The molecule has 0 radical (unpaired) electrons. The Morgan fingerprint density at radius 2 is 2.47 bits per heavy atom. The summed E-state index contributed by atoms with van der Waals surface area (Å²) < 4.78 is 4.99. The zero-order chi connectivity index (χ0) is 10.7. The topological polar surface area (TPSA) is 29.5 Å². The van der Waals surface area contributed by atoms with E-state index in [2.05, 4.69) is 11.0 Å². The van der Waals surface area contributed by atoms with Crippen molar-refractivity contribution in [1.82, 2.24) is 4.90 Å². The lowest BCUT2D eigenvalue weighted by molar-refractivity contribution is -0.138. The van der Waals surface area contributed by atoms with Crippen molar-refractivity contribution in [2.24, 2.45) is 0 Å². The van der Waals surface area contributed by atoms with Crippen LogP contribution in [0.5, 0.6) is 0 Å². The second-order valence-electron chi connectivity index (χ2n) is 3.65. The Balaban J connectivity index is 2.05. The van der Waals surface area contributed by atoms with Crippen molar-refractivity contribution in [2.75, 3.05) is 13.2 Å². The van der Waals surface area contributed by atoms with Gasteiger partial charge in [-0.1, -0.05) is 18.2 Å². The summed E-state index contributed by atoms with van der Waals surface area (Å²) in [5, 5.41) is 0. The Morgan fingerprint density at radius 1 is 1.60 bits per heavy atom. The zero-order valence-corrected chi connectivity index (χ0v) is 8.85. The van der Waals surface area contributed by atoms with E-state index in [1.54, 1.807) is 0 Å². The van der Waals surface area contributed by atoms with Gasteiger partial charge in [0.15, 0.2) is 0 Å². The second-order valence-corrected chi connectivity index (χ2v) is 3.65. The predicted octanol–water partition coefficient (Wildman–Crippen LogP) is 1.63. The largest absolute Gasteiger partial charge is 0.463 e. The number of rotatable bonds is 2. The van der Waals surface area contributed by atoms with Crippen molar-refractivity contribution in [2.45, 2.75) is 19.4 Å². The van der Waals surface area contributed by atoms with Crippen LogP contribution in [0.1, 0.15) is 13.3 Å². The number of hydrogen-bond donors (Lipinski definition) is 0. The fourth-order valence-electron chi connectivity index (χ4n) is 1.85. The third kappa shape index (κ3) is 2.12. The minimum Gasteiger partial charge on any atom is -0.463 e. The van der Waals surface area contributed by atoms with Crippen LogP contribution >= 0.6 is 0 Å². The van der Waals surface area contributed by atoms with E-state index in [0.717, 1.165) is 12.0 Å². The van der Waals surface area contributed by atoms with Gasteiger partial charge in [-0.25, -0.2) is 4.79 Å². The number of hydrogen-bond acceptors (Lipinski definition) is 3. The van der Waals surface area contributed by atoms with E-state index in [-0.39, 0.29) is 5.97 Å². The van der Waals surface area contributed by atoms with Crippen LogP contribution in [0.3, 0.4) is 0 Å². The Bertz CT molecular complexity index is 342. The van der Waals surface area contributed by atoms with Gasteiger partial charge in [-0.3, -0.25) is 0 Å². The van der Waals surface area contributed by atoms with Crippen LogP contribution in [0, 0.1) is 0 Å². The smallest absolute Gasteiger partial charge is 0.335 e. The quantitative estimate of drug-likeness (QED) is 0.642. The number of ether oxygens (including phenoxy) is 1. The third-order valence-corrected chi connectivity index (χ3v) is 2.64. The molecule has 2 aliphatic rings. The molecule has 1 atom stereocenters. The molecule has 0 N–H and O–H groups in total. The number of allylic oxidation sites excluding steroid dienone is 2.